The molecule has 1 saturated carbocycles. The van der Waals surface area contributed by atoms with E-state index >= 15 is 0 Å². The lowest BCUT2D eigenvalue weighted by atomic mass is 10.3. The van der Waals surface area contributed by atoms with E-state index in [-0.39, 0.29) is 13.2 Å². The fourth-order valence-corrected chi connectivity index (χ4v) is 2.39. The molecule has 0 heterocycles. The molecular formula is C12H13BrO5. The molecule has 2 atom stereocenters. The van der Waals surface area contributed by atoms with Gasteiger partial charge in [-0.1, -0.05) is 41.2 Å². The highest BCUT2D eigenvalue weighted by Gasteiger charge is 2.72. The van der Waals surface area contributed by atoms with Crippen molar-refractivity contribution >= 4 is 34.2 Å². The van der Waals surface area contributed by atoms with Crippen LogP contribution in [0.5, 0.6) is 0 Å². The van der Waals surface area contributed by atoms with Crippen LogP contribution in [0.15, 0.2) is 25.3 Å². The first kappa shape index (κ1) is 14.6. The van der Waals surface area contributed by atoms with Crippen LogP contribution in [0, 0.1) is 11.8 Å². The van der Waals surface area contributed by atoms with Crippen molar-refractivity contribution in [1.29, 1.82) is 0 Å². The van der Waals surface area contributed by atoms with E-state index in [1.807, 2.05) is 0 Å². The number of carbonyl (C=O) groups excluding carboxylic acids is 3. The quantitative estimate of drug-likeness (QED) is 0.303. The van der Waals surface area contributed by atoms with Crippen LogP contribution in [0.4, 0.5) is 0 Å². The average molecular weight is 317 g/mol. The molecule has 0 N–H and O–H groups in total. The van der Waals surface area contributed by atoms with Crippen LogP contribution in [0.25, 0.3) is 0 Å². The van der Waals surface area contributed by atoms with Crippen LogP contribution >= 0.6 is 15.9 Å². The first-order valence-corrected chi connectivity index (χ1v) is 6.02. The Morgan fingerprint density at radius 3 is 1.78 bits per heavy atom. The van der Waals surface area contributed by atoms with Crippen molar-refractivity contribution in [3.63, 3.8) is 0 Å². The Balaban J connectivity index is 2.70. The molecule has 6 heteroatoms. The first-order valence-electron chi connectivity index (χ1n) is 5.23. The third-order valence-electron chi connectivity index (χ3n) is 2.55. The van der Waals surface area contributed by atoms with Crippen LogP contribution in [0.1, 0.15) is 0 Å². The second-order valence-corrected chi connectivity index (χ2v) is 5.11. The minimum atomic E-state index is -1.22. The summed E-state index contributed by atoms with van der Waals surface area (Å²) in [5, 5.41) is 0. The van der Waals surface area contributed by atoms with Gasteiger partial charge in [0.05, 0.1) is 11.8 Å². The molecule has 0 radical (unpaired) electrons. The van der Waals surface area contributed by atoms with Gasteiger partial charge in [0, 0.05) is 0 Å². The lowest BCUT2D eigenvalue weighted by Crippen LogP contribution is -2.14. The standard InChI is InChI=1S/C12H13BrO5/c1-3-5-17-10(15)8-9(12(8,13)7-14)11(16)18-6-4-2/h3-4,7-9H,1-2,5-6H2/t8-,9-/m1/s1. The topological polar surface area (TPSA) is 69.7 Å². The van der Waals surface area contributed by atoms with E-state index in [1.165, 1.54) is 12.2 Å². The normalized spacial score (nSPS) is 28.9. The highest BCUT2D eigenvalue weighted by molar-refractivity contribution is 9.10. The van der Waals surface area contributed by atoms with Gasteiger partial charge in [0.2, 0.25) is 0 Å². The number of carbonyl (C=O) groups is 3. The second kappa shape index (κ2) is 5.95. The summed E-state index contributed by atoms with van der Waals surface area (Å²) >= 11 is 3.09. The molecule has 1 aliphatic rings. The van der Waals surface area contributed by atoms with Gasteiger partial charge in [-0.15, -0.1) is 0 Å². The van der Waals surface area contributed by atoms with Gasteiger partial charge in [-0.3, -0.25) is 9.59 Å². The van der Waals surface area contributed by atoms with E-state index in [1.54, 1.807) is 0 Å². The highest BCUT2D eigenvalue weighted by atomic mass is 79.9. The van der Waals surface area contributed by atoms with Crippen molar-refractivity contribution in [1.82, 2.24) is 0 Å². The number of ether oxygens (including phenoxy) is 2. The van der Waals surface area contributed by atoms with Gasteiger partial charge in [-0.25, -0.2) is 0 Å². The van der Waals surface area contributed by atoms with Crippen molar-refractivity contribution in [3.05, 3.63) is 25.3 Å². The number of hydrogen-bond acceptors (Lipinski definition) is 5. The Morgan fingerprint density at radius 1 is 1.11 bits per heavy atom. The van der Waals surface area contributed by atoms with E-state index in [0.717, 1.165) is 0 Å². The van der Waals surface area contributed by atoms with E-state index in [4.69, 9.17) is 9.47 Å². The molecular weight excluding hydrogens is 304 g/mol. The lowest BCUT2D eigenvalue weighted by molar-refractivity contribution is -0.150. The van der Waals surface area contributed by atoms with Gasteiger partial charge in [0.1, 0.15) is 23.8 Å². The van der Waals surface area contributed by atoms with Crippen molar-refractivity contribution < 1.29 is 23.9 Å². The van der Waals surface area contributed by atoms with Gasteiger partial charge in [-0.2, -0.15) is 0 Å². The molecule has 0 unspecified atom stereocenters. The Hall–Kier alpha value is -1.43. The summed E-state index contributed by atoms with van der Waals surface area (Å²) in [6, 6.07) is 0. The molecule has 1 fully saturated rings. The summed E-state index contributed by atoms with van der Waals surface area (Å²) < 4.78 is 8.43. The molecule has 0 aromatic carbocycles. The number of esters is 2. The van der Waals surface area contributed by atoms with E-state index < -0.39 is 28.1 Å². The molecule has 0 bridgehead atoms. The summed E-state index contributed by atoms with van der Waals surface area (Å²) in [5.41, 5.74) is 0. The number of aldehydes is 1. The zero-order chi connectivity index (χ0) is 13.8. The maximum Gasteiger partial charge on any atom is 0.312 e. The molecule has 0 saturated heterocycles. The predicted molar refractivity (Wildman–Crippen MR) is 67.0 cm³/mol. The third-order valence-corrected chi connectivity index (χ3v) is 3.73. The van der Waals surface area contributed by atoms with Gasteiger partial charge in [0.25, 0.3) is 0 Å². The molecule has 18 heavy (non-hydrogen) atoms. The maximum absolute atomic E-state index is 11.6. The maximum atomic E-state index is 11.6. The summed E-state index contributed by atoms with van der Waals surface area (Å²) in [4.78, 5) is 34.2. The summed E-state index contributed by atoms with van der Waals surface area (Å²) in [5.74, 6) is -2.96. The van der Waals surface area contributed by atoms with Crippen molar-refractivity contribution in [2.45, 2.75) is 4.32 Å². The zero-order valence-corrected chi connectivity index (χ0v) is 11.2. The van der Waals surface area contributed by atoms with Crippen LogP contribution in [0.3, 0.4) is 0 Å². The number of rotatable bonds is 7. The van der Waals surface area contributed by atoms with Crippen molar-refractivity contribution in [2.24, 2.45) is 11.8 Å². The zero-order valence-electron chi connectivity index (χ0n) is 9.63. The minimum absolute atomic E-state index is 0.0334. The van der Waals surface area contributed by atoms with E-state index in [2.05, 4.69) is 29.1 Å². The average Bonchev–Trinajstić information content (AvgIpc) is 3.00. The van der Waals surface area contributed by atoms with E-state index in [9.17, 15) is 14.4 Å². The Bertz CT molecular complexity index is 360. The monoisotopic (exact) mass is 316 g/mol. The van der Waals surface area contributed by atoms with Crippen LogP contribution in [0.2, 0.25) is 0 Å². The van der Waals surface area contributed by atoms with Crippen LogP contribution in [-0.2, 0) is 23.9 Å². The summed E-state index contributed by atoms with van der Waals surface area (Å²) in [6.45, 7) is 6.87. The lowest BCUT2D eigenvalue weighted by Gasteiger charge is -2.01. The summed E-state index contributed by atoms with van der Waals surface area (Å²) in [6.07, 6.45) is 3.33. The van der Waals surface area contributed by atoms with Crippen molar-refractivity contribution in [3.8, 4) is 0 Å². The van der Waals surface area contributed by atoms with Crippen molar-refractivity contribution in [2.75, 3.05) is 13.2 Å². The third kappa shape index (κ3) is 2.69. The molecule has 0 aromatic heterocycles. The molecule has 0 aliphatic heterocycles. The predicted octanol–water partition coefficient (Wildman–Crippen LogP) is 1.02. The van der Waals surface area contributed by atoms with E-state index in [0.29, 0.717) is 6.29 Å². The molecule has 0 spiro atoms. The molecule has 1 rings (SSSR count). The Kier molecular flexibility index (Phi) is 4.84. The highest BCUT2D eigenvalue weighted by Crippen LogP contribution is 2.57. The fraction of sp³-hybridized carbons (Fsp3) is 0.417. The Morgan fingerprint density at radius 2 is 1.50 bits per heavy atom. The van der Waals surface area contributed by atoms with Crippen LogP contribution in [-0.4, -0.2) is 35.8 Å². The molecule has 98 valence electrons. The van der Waals surface area contributed by atoms with Gasteiger partial charge in [-0.05, 0) is 0 Å². The molecule has 0 amide bonds. The van der Waals surface area contributed by atoms with Gasteiger partial charge < -0.3 is 14.3 Å². The smallest absolute Gasteiger partial charge is 0.312 e. The van der Waals surface area contributed by atoms with Gasteiger partial charge >= 0.3 is 11.9 Å². The molecule has 5 nitrogen and oxygen atoms in total. The Labute approximate surface area is 113 Å². The number of alkyl halides is 1. The second-order valence-electron chi connectivity index (χ2n) is 3.74. The largest absolute Gasteiger partial charge is 0.461 e. The fourth-order valence-electron chi connectivity index (χ4n) is 1.62. The number of hydrogen-bond donors (Lipinski definition) is 0. The number of halogens is 1. The molecule has 0 aromatic rings. The van der Waals surface area contributed by atoms with Crippen LogP contribution < -0.4 is 0 Å². The summed E-state index contributed by atoms with van der Waals surface area (Å²) in [7, 11) is 0. The van der Waals surface area contributed by atoms with Gasteiger partial charge in [0.15, 0.2) is 0 Å². The first-order chi connectivity index (χ1) is 8.52. The molecule has 1 aliphatic carbocycles. The minimum Gasteiger partial charge on any atom is -0.461 e. The SMILES string of the molecule is C=CCOC(=O)[C@H]1[C@H](C(=O)OCC=C)C1(Br)C=O.